The molecule has 2 rings (SSSR count). The lowest BCUT2D eigenvalue weighted by Crippen LogP contribution is -2.32. The first kappa shape index (κ1) is 18.3. The zero-order valence-electron chi connectivity index (χ0n) is 14.7. The smallest absolute Gasteiger partial charge is 0.407 e. The lowest BCUT2D eigenvalue weighted by molar-refractivity contribution is 0.0523. The molecule has 0 bridgehead atoms. The van der Waals surface area contributed by atoms with Gasteiger partial charge in [-0.1, -0.05) is 30.3 Å². The molecule has 0 saturated heterocycles. The summed E-state index contributed by atoms with van der Waals surface area (Å²) < 4.78 is 11.1. The summed E-state index contributed by atoms with van der Waals surface area (Å²) in [6.45, 7) is 6.03. The minimum Gasteiger partial charge on any atom is -0.489 e. The van der Waals surface area contributed by atoms with Crippen molar-refractivity contribution in [3.63, 3.8) is 0 Å². The van der Waals surface area contributed by atoms with Gasteiger partial charge in [0.1, 0.15) is 18.0 Å². The van der Waals surface area contributed by atoms with Gasteiger partial charge in [0.25, 0.3) is 0 Å². The van der Waals surface area contributed by atoms with E-state index in [1.807, 2.05) is 30.3 Å². The molecule has 2 aromatic rings. The number of nitriles is 1. The molecule has 25 heavy (non-hydrogen) atoms. The van der Waals surface area contributed by atoms with E-state index in [2.05, 4.69) is 11.4 Å². The molecule has 0 aliphatic heterocycles. The molecule has 5 nitrogen and oxygen atoms in total. The van der Waals surface area contributed by atoms with E-state index in [0.29, 0.717) is 17.9 Å². The number of rotatable bonds is 5. The maximum atomic E-state index is 11.8. The van der Waals surface area contributed by atoms with E-state index < -0.39 is 11.7 Å². The second kappa shape index (κ2) is 8.20. The molecule has 0 radical (unpaired) electrons. The maximum absolute atomic E-state index is 11.8. The van der Waals surface area contributed by atoms with Gasteiger partial charge in [-0.05, 0) is 44.5 Å². The van der Waals surface area contributed by atoms with Gasteiger partial charge in [0, 0.05) is 12.1 Å². The normalized spacial score (nSPS) is 10.6. The Bertz CT molecular complexity index is 759. The van der Waals surface area contributed by atoms with Gasteiger partial charge in [-0.2, -0.15) is 5.26 Å². The molecule has 5 heteroatoms. The van der Waals surface area contributed by atoms with Crippen LogP contribution in [-0.4, -0.2) is 11.7 Å². The van der Waals surface area contributed by atoms with Gasteiger partial charge < -0.3 is 14.8 Å². The number of benzene rings is 2. The highest BCUT2D eigenvalue weighted by atomic mass is 16.6. The van der Waals surface area contributed by atoms with Crippen molar-refractivity contribution in [2.24, 2.45) is 0 Å². The Hall–Kier alpha value is -3.00. The first-order valence-corrected chi connectivity index (χ1v) is 8.04. The van der Waals surface area contributed by atoms with Crippen LogP contribution in [-0.2, 0) is 17.9 Å². The second-order valence-electron chi connectivity index (χ2n) is 6.56. The number of ether oxygens (including phenoxy) is 2. The largest absolute Gasteiger partial charge is 0.489 e. The van der Waals surface area contributed by atoms with Crippen LogP contribution in [0.1, 0.15) is 37.5 Å². The molecule has 1 amide bonds. The zero-order chi connectivity index (χ0) is 18.3. The van der Waals surface area contributed by atoms with Crippen molar-refractivity contribution in [1.82, 2.24) is 5.32 Å². The highest BCUT2D eigenvalue weighted by Crippen LogP contribution is 2.21. The SMILES string of the molecule is CC(C)(C)OC(=O)NCc1cc(C#N)ccc1OCc1ccccc1. The van der Waals surface area contributed by atoms with E-state index in [9.17, 15) is 4.79 Å². The van der Waals surface area contributed by atoms with E-state index in [4.69, 9.17) is 14.7 Å². The van der Waals surface area contributed by atoms with E-state index in [0.717, 1.165) is 11.1 Å². The molecule has 0 atom stereocenters. The molecule has 0 spiro atoms. The Kier molecular flexibility index (Phi) is 6.02. The molecule has 0 aromatic heterocycles. The van der Waals surface area contributed by atoms with Crippen LogP contribution in [0.5, 0.6) is 5.75 Å². The van der Waals surface area contributed by atoms with Crippen molar-refractivity contribution in [1.29, 1.82) is 5.26 Å². The molecular formula is C20H22N2O3. The first-order valence-electron chi connectivity index (χ1n) is 8.04. The third-order valence-electron chi connectivity index (χ3n) is 3.25. The average molecular weight is 338 g/mol. The fourth-order valence-electron chi connectivity index (χ4n) is 2.14. The van der Waals surface area contributed by atoms with Crippen LogP contribution >= 0.6 is 0 Å². The number of carbonyl (C=O) groups is 1. The van der Waals surface area contributed by atoms with Crippen LogP contribution in [0.2, 0.25) is 0 Å². The monoisotopic (exact) mass is 338 g/mol. The van der Waals surface area contributed by atoms with Gasteiger partial charge in [-0.15, -0.1) is 0 Å². The van der Waals surface area contributed by atoms with Crippen LogP contribution in [0.15, 0.2) is 48.5 Å². The fraction of sp³-hybridized carbons (Fsp3) is 0.300. The maximum Gasteiger partial charge on any atom is 0.407 e. The lowest BCUT2D eigenvalue weighted by Gasteiger charge is -2.20. The third kappa shape index (κ3) is 6.19. The summed E-state index contributed by atoms with van der Waals surface area (Å²) in [7, 11) is 0. The molecule has 0 unspecified atom stereocenters. The predicted octanol–water partition coefficient (Wildman–Crippen LogP) is 4.16. The molecule has 0 heterocycles. The van der Waals surface area contributed by atoms with E-state index >= 15 is 0 Å². The molecule has 1 N–H and O–H groups in total. The number of hydrogen-bond donors (Lipinski definition) is 1. The summed E-state index contributed by atoms with van der Waals surface area (Å²) in [5, 5.41) is 11.8. The van der Waals surface area contributed by atoms with Crippen LogP contribution in [0, 0.1) is 11.3 Å². The van der Waals surface area contributed by atoms with Gasteiger partial charge >= 0.3 is 6.09 Å². The van der Waals surface area contributed by atoms with Crippen molar-refractivity contribution in [2.75, 3.05) is 0 Å². The topological polar surface area (TPSA) is 71.3 Å². The fourth-order valence-corrected chi connectivity index (χ4v) is 2.14. The molecule has 2 aromatic carbocycles. The minimum absolute atomic E-state index is 0.217. The van der Waals surface area contributed by atoms with Gasteiger partial charge in [0.05, 0.1) is 11.6 Å². The van der Waals surface area contributed by atoms with Crippen molar-refractivity contribution in [3.05, 3.63) is 65.2 Å². The summed E-state index contributed by atoms with van der Waals surface area (Å²) in [6, 6.07) is 17.0. The Morgan fingerprint density at radius 1 is 1.16 bits per heavy atom. The van der Waals surface area contributed by atoms with Crippen LogP contribution < -0.4 is 10.1 Å². The number of nitrogens with zero attached hydrogens (tertiary/aromatic N) is 1. The Labute approximate surface area is 148 Å². The molecule has 0 aliphatic rings. The summed E-state index contributed by atoms with van der Waals surface area (Å²) in [4.78, 5) is 11.8. The lowest BCUT2D eigenvalue weighted by atomic mass is 10.1. The van der Waals surface area contributed by atoms with E-state index in [1.54, 1.807) is 39.0 Å². The Morgan fingerprint density at radius 3 is 2.52 bits per heavy atom. The number of alkyl carbamates (subject to hydrolysis) is 1. The zero-order valence-corrected chi connectivity index (χ0v) is 14.7. The number of amides is 1. The predicted molar refractivity (Wildman–Crippen MR) is 95.0 cm³/mol. The molecule has 0 aliphatic carbocycles. The molecular weight excluding hydrogens is 316 g/mol. The standard InChI is InChI=1S/C20H22N2O3/c1-20(2,3)25-19(23)22-13-17-11-16(12-21)9-10-18(17)24-14-15-7-5-4-6-8-15/h4-11H,13-14H2,1-3H3,(H,22,23). The van der Waals surface area contributed by atoms with E-state index in [1.165, 1.54) is 0 Å². The van der Waals surface area contributed by atoms with Crippen LogP contribution in [0.4, 0.5) is 4.79 Å². The Balaban J connectivity index is 2.07. The van der Waals surface area contributed by atoms with Gasteiger partial charge in [-0.25, -0.2) is 4.79 Å². The second-order valence-corrected chi connectivity index (χ2v) is 6.56. The highest BCUT2D eigenvalue weighted by molar-refractivity contribution is 5.67. The number of carbonyl (C=O) groups excluding carboxylic acids is 1. The quantitative estimate of drug-likeness (QED) is 0.888. The summed E-state index contributed by atoms with van der Waals surface area (Å²) in [5.41, 5.74) is 1.71. The number of nitrogens with one attached hydrogen (secondary N) is 1. The minimum atomic E-state index is -0.564. The summed E-state index contributed by atoms with van der Waals surface area (Å²) in [6.07, 6.45) is -0.510. The van der Waals surface area contributed by atoms with Crippen molar-refractivity contribution in [2.45, 2.75) is 39.5 Å². The van der Waals surface area contributed by atoms with Crippen molar-refractivity contribution in [3.8, 4) is 11.8 Å². The van der Waals surface area contributed by atoms with Crippen LogP contribution in [0.25, 0.3) is 0 Å². The van der Waals surface area contributed by atoms with Crippen molar-refractivity contribution < 1.29 is 14.3 Å². The van der Waals surface area contributed by atoms with Crippen LogP contribution in [0.3, 0.4) is 0 Å². The highest BCUT2D eigenvalue weighted by Gasteiger charge is 2.16. The molecule has 0 fully saturated rings. The van der Waals surface area contributed by atoms with Gasteiger partial charge in [-0.3, -0.25) is 0 Å². The third-order valence-corrected chi connectivity index (χ3v) is 3.25. The summed E-state index contributed by atoms with van der Waals surface area (Å²) in [5.74, 6) is 0.624. The number of hydrogen-bond acceptors (Lipinski definition) is 4. The molecule has 0 saturated carbocycles. The van der Waals surface area contributed by atoms with E-state index in [-0.39, 0.29) is 6.54 Å². The summed E-state index contributed by atoms with van der Waals surface area (Å²) >= 11 is 0. The first-order chi connectivity index (χ1) is 11.9. The molecule has 130 valence electrons. The van der Waals surface area contributed by atoms with Gasteiger partial charge in [0.2, 0.25) is 0 Å². The average Bonchev–Trinajstić information content (AvgIpc) is 2.58. The van der Waals surface area contributed by atoms with Crippen molar-refractivity contribution >= 4 is 6.09 Å². The Morgan fingerprint density at radius 2 is 1.88 bits per heavy atom. The van der Waals surface area contributed by atoms with Gasteiger partial charge in [0.15, 0.2) is 0 Å².